The Morgan fingerprint density at radius 2 is 2.03 bits per heavy atom. The maximum atomic E-state index is 12.6. The molecular formula is C22H25N5O2. The lowest BCUT2D eigenvalue weighted by atomic mass is 9.73. The van der Waals surface area contributed by atoms with Gasteiger partial charge in [0.25, 0.3) is 0 Å². The van der Waals surface area contributed by atoms with Crippen molar-refractivity contribution < 1.29 is 9.42 Å². The van der Waals surface area contributed by atoms with Crippen LogP contribution in [0.1, 0.15) is 36.8 Å². The molecule has 1 atom stereocenters. The Labute approximate surface area is 169 Å². The van der Waals surface area contributed by atoms with Crippen LogP contribution < -0.4 is 0 Å². The Balaban J connectivity index is 1.31. The molecule has 0 N–H and O–H groups in total. The second-order valence-corrected chi connectivity index (χ2v) is 8.47. The number of aromatic nitrogens is 3. The van der Waals surface area contributed by atoms with E-state index >= 15 is 0 Å². The fraction of sp³-hybridized carbons (Fsp3) is 0.455. The van der Waals surface area contributed by atoms with Crippen molar-refractivity contribution in [1.29, 1.82) is 0 Å². The van der Waals surface area contributed by atoms with Crippen molar-refractivity contribution in [2.24, 2.45) is 5.41 Å². The third-order valence-electron chi connectivity index (χ3n) is 6.35. The van der Waals surface area contributed by atoms with Crippen LogP contribution in [-0.4, -0.2) is 50.6 Å². The molecule has 2 fully saturated rings. The van der Waals surface area contributed by atoms with E-state index in [1.165, 1.54) is 6.42 Å². The number of carbonyl (C=O) groups is 1. The number of fused-ring (bicyclic) bond motifs is 1. The number of hydrogen-bond donors (Lipinski definition) is 0. The van der Waals surface area contributed by atoms with E-state index in [1.54, 1.807) is 6.20 Å². The summed E-state index contributed by atoms with van der Waals surface area (Å²) >= 11 is 0. The number of benzene rings is 1. The number of pyridine rings is 1. The summed E-state index contributed by atoms with van der Waals surface area (Å²) in [4.78, 5) is 21.3. The average molecular weight is 391 g/mol. The standard InChI is InChI=1S/C22H25N5O2/c28-20-7-9-22(16-27(20)13-17-4-2-10-23-12-17)8-3-11-26(15-22)14-18-5-1-6-19-21(18)25-29-24-19/h1-2,4-6,10,12H,3,7-9,11,13-16H2/t22-/m1/s1. The van der Waals surface area contributed by atoms with E-state index < -0.39 is 0 Å². The van der Waals surface area contributed by atoms with Crippen LogP contribution in [0.25, 0.3) is 11.0 Å². The molecule has 1 amide bonds. The van der Waals surface area contributed by atoms with Gasteiger partial charge in [-0.05, 0) is 59.4 Å². The quantitative estimate of drug-likeness (QED) is 0.681. The predicted octanol–water partition coefficient (Wildman–Crippen LogP) is 3.02. The zero-order valence-electron chi connectivity index (χ0n) is 16.5. The van der Waals surface area contributed by atoms with Gasteiger partial charge in [0.05, 0.1) is 0 Å². The van der Waals surface area contributed by atoms with Gasteiger partial charge in [-0.2, -0.15) is 0 Å². The summed E-state index contributed by atoms with van der Waals surface area (Å²) in [6, 6.07) is 10.0. The molecule has 3 aromatic rings. The third-order valence-corrected chi connectivity index (χ3v) is 6.35. The van der Waals surface area contributed by atoms with Crippen LogP contribution in [0.4, 0.5) is 0 Å². The molecular weight excluding hydrogens is 366 g/mol. The molecule has 7 nitrogen and oxygen atoms in total. The van der Waals surface area contributed by atoms with Crippen LogP contribution >= 0.6 is 0 Å². The normalized spacial score (nSPS) is 23.2. The predicted molar refractivity (Wildman–Crippen MR) is 108 cm³/mol. The van der Waals surface area contributed by atoms with Crippen LogP contribution in [0.15, 0.2) is 47.4 Å². The highest BCUT2D eigenvalue weighted by Crippen LogP contribution is 2.39. The molecule has 4 heterocycles. The second-order valence-electron chi connectivity index (χ2n) is 8.47. The Morgan fingerprint density at radius 1 is 1.07 bits per heavy atom. The molecule has 2 aromatic heterocycles. The largest absolute Gasteiger partial charge is 0.338 e. The third kappa shape index (κ3) is 3.74. The van der Waals surface area contributed by atoms with Crippen molar-refractivity contribution in [2.45, 2.75) is 38.8 Å². The van der Waals surface area contributed by atoms with Gasteiger partial charge in [-0.15, -0.1) is 0 Å². The topological polar surface area (TPSA) is 75.4 Å². The molecule has 2 saturated heterocycles. The molecule has 5 rings (SSSR count). The smallest absolute Gasteiger partial charge is 0.222 e. The van der Waals surface area contributed by atoms with E-state index in [0.29, 0.717) is 13.0 Å². The minimum Gasteiger partial charge on any atom is -0.338 e. The maximum Gasteiger partial charge on any atom is 0.222 e. The highest BCUT2D eigenvalue weighted by Gasteiger charge is 2.41. The molecule has 0 saturated carbocycles. The fourth-order valence-electron chi connectivity index (χ4n) is 4.97. The lowest BCUT2D eigenvalue weighted by Gasteiger charge is -2.48. The zero-order chi connectivity index (χ0) is 19.7. The van der Waals surface area contributed by atoms with Crippen molar-refractivity contribution >= 4 is 16.9 Å². The van der Waals surface area contributed by atoms with Crippen LogP contribution in [0.2, 0.25) is 0 Å². The van der Waals surface area contributed by atoms with Gasteiger partial charge in [0, 0.05) is 50.4 Å². The number of amides is 1. The van der Waals surface area contributed by atoms with Gasteiger partial charge in [0.2, 0.25) is 5.91 Å². The zero-order valence-corrected chi connectivity index (χ0v) is 16.5. The number of hydrogen-bond acceptors (Lipinski definition) is 6. The van der Waals surface area contributed by atoms with Gasteiger partial charge < -0.3 is 4.90 Å². The maximum absolute atomic E-state index is 12.6. The lowest BCUT2D eigenvalue weighted by Crippen LogP contribution is -2.53. The summed E-state index contributed by atoms with van der Waals surface area (Å²) < 4.78 is 4.92. The molecule has 0 aliphatic carbocycles. The highest BCUT2D eigenvalue weighted by molar-refractivity contribution is 5.77. The van der Waals surface area contributed by atoms with E-state index in [4.69, 9.17) is 4.63 Å². The van der Waals surface area contributed by atoms with Gasteiger partial charge >= 0.3 is 0 Å². The highest BCUT2D eigenvalue weighted by atomic mass is 16.6. The minimum atomic E-state index is 0.171. The molecule has 1 aromatic carbocycles. The van der Waals surface area contributed by atoms with Gasteiger partial charge in [0.1, 0.15) is 11.0 Å². The monoisotopic (exact) mass is 391 g/mol. The number of piperidine rings is 2. The van der Waals surface area contributed by atoms with E-state index in [9.17, 15) is 4.79 Å². The van der Waals surface area contributed by atoms with Gasteiger partial charge in [-0.25, -0.2) is 4.63 Å². The van der Waals surface area contributed by atoms with Crippen LogP contribution in [0.5, 0.6) is 0 Å². The first kappa shape index (κ1) is 18.2. The van der Waals surface area contributed by atoms with E-state index in [-0.39, 0.29) is 11.3 Å². The van der Waals surface area contributed by atoms with E-state index in [0.717, 1.165) is 61.2 Å². The molecule has 7 heteroatoms. The Hall–Kier alpha value is -2.80. The van der Waals surface area contributed by atoms with Crippen molar-refractivity contribution in [3.63, 3.8) is 0 Å². The van der Waals surface area contributed by atoms with Crippen LogP contribution in [0.3, 0.4) is 0 Å². The molecule has 0 radical (unpaired) electrons. The van der Waals surface area contributed by atoms with Gasteiger partial charge in [-0.1, -0.05) is 18.2 Å². The lowest BCUT2D eigenvalue weighted by molar-refractivity contribution is -0.140. The summed E-state index contributed by atoms with van der Waals surface area (Å²) in [6.07, 6.45) is 7.57. The molecule has 2 aliphatic rings. The number of nitrogens with zero attached hydrogens (tertiary/aromatic N) is 5. The van der Waals surface area contributed by atoms with E-state index in [2.05, 4.69) is 26.3 Å². The first-order valence-corrected chi connectivity index (χ1v) is 10.3. The SMILES string of the molecule is O=C1CC[C@@]2(CCCN(Cc3cccc4nonc34)C2)CN1Cc1cccnc1. The Morgan fingerprint density at radius 3 is 2.93 bits per heavy atom. The molecule has 2 aliphatic heterocycles. The number of rotatable bonds is 4. The molecule has 150 valence electrons. The minimum absolute atomic E-state index is 0.171. The van der Waals surface area contributed by atoms with Gasteiger partial charge in [0.15, 0.2) is 0 Å². The van der Waals surface area contributed by atoms with E-state index in [1.807, 2.05) is 35.4 Å². The second kappa shape index (κ2) is 7.55. The molecule has 0 bridgehead atoms. The van der Waals surface area contributed by atoms with Crippen molar-refractivity contribution in [3.05, 3.63) is 53.9 Å². The summed E-state index contributed by atoms with van der Waals surface area (Å²) in [6.45, 7) is 4.39. The first-order chi connectivity index (χ1) is 14.2. The summed E-state index contributed by atoms with van der Waals surface area (Å²) in [5.74, 6) is 0.259. The average Bonchev–Trinajstić information content (AvgIpc) is 3.22. The fourth-order valence-corrected chi connectivity index (χ4v) is 4.97. The number of likely N-dealkylation sites (tertiary alicyclic amines) is 2. The van der Waals surface area contributed by atoms with Gasteiger partial charge in [-0.3, -0.25) is 14.7 Å². The Bertz CT molecular complexity index is 1000. The van der Waals surface area contributed by atoms with Crippen molar-refractivity contribution in [3.8, 4) is 0 Å². The van der Waals surface area contributed by atoms with Crippen molar-refractivity contribution in [1.82, 2.24) is 25.1 Å². The van der Waals surface area contributed by atoms with Crippen molar-refractivity contribution in [2.75, 3.05) is 19.6 Å². The molecule has 0 unspecified atom stereocenters. The number of carbonyl (C=O) groups excluding carboxylic acids is 1. The summed E-state index contributed by atoms with van der Waals surface area (Å²) in [5, 5.41) is 8.05. The first-order valence-electron chi connectivity index (χ1n) is 10.3. The Kier molecular flexibility index (Phi) is 4.75. The molecule has 1 spiro atoms. The summed E-state index contributed by atoms with van der Waals surface area (Å²) in [7, 11) is 0. The van der Waals surface area contributed by atoms with Crippen LogP contribution in [-0.2, 0) is 17.9 Å². The van der Waals surface area contributed by atoms with Crippen LogP contribution in [0, 0.1) is 5.41 Å². The molecule has 29 heavy (non-hydrogen) atoms. The summed E-state index contributed by atoms with van der Waals surface area (Å²) in [5.41, 5.74) is 4.07.